The standard InChI is InChI=1S/C57H107NO10/c1-3-5-7-9-11-13-15-16-17-18-19-20-21-22-23-24-25-26-27-28-29-30-31-32-33-34-35-37-38-40-42-44-49(60)52(62)48(47-67-57-55(65)54(64)53(63)51(46-59)68-57)58-56(66)50(61)45-43-41-39-36-14-12-10-8-6-4-2/h10,12,32-33,37-38,48-55,57,59-65H,3-9,11,13-31,34-36,39-47H2,1-2H3,(H,58,66)/b12-10-,33-32+,38-37+. The first-order chi connectivity index (χ1) is 33.2. The molecule has 8 N–H and O–H groups in total. The van der Waals surface area contributed by atoms with Gasteiger partial charge in [0.05, 0.1) is 25.4 Å². The summed E-state index contributed by atoms with van der Waals surface area (Å²) in [4.78, 5) is 13.1. The molecular formula is C57H107NO10. The van der Waals surface area contributed by atoms with Gasteiger partial charge in [-0.25, -0.2) is 0 Å². The molecule has 0 aromatic carbocycles. The van der Waals surface area contributed by atoms with Gasteiger partial charge < -0.3 is 50.5 Å². The summed E-state index contributed by atoms with van der Waals surface area (Å²) in [5.41, 5.74) is 0. The lowest BCUT2D eigenvalue weighted by Gasteiger charge is -2.40. The lowest BCUT2D eigenvalue weighted by Crippen LogP contribution is -2.60. The molecule has 1 aliphatic rings. The van der Waals surface area contributed by atoms with Gasteiger partial charge in [0.1, 0.15) is 36.6 Å². The fraction of sp³-hybridized carbons (Fsp3) is 0.877. The quantitative estimate of drug-likeness (QED) is 0.0215. The summed E-state index contributed by atoms with van der Waals surface area (Å²) in [6.07, 6.45) is 45.3. The summed E-state index contributed by atoms with van der Waals surface area (Å²) in [7, 11) is 0. The Balaban J connectivity index is 2.24. The van der Waals surface area contributed by atoms with Crippen LogP contribution in [0.25, 0.3) is 0 Å². The molecule has 0 radical (unpaired) electrons. The first-order valence-electron chi connectivity index (χ1n) is 28.4. The zero-order valence-corrected chi connectivity index (χ0v) is 43.6. The van der Waals surface area contributed by atoms with E-state index in [0.717, 1.165) is 51.4 Å². The Bertz CT molecular complexity index is 1200. The van der Waals surface area contributed by atoms with Crippen LogP contribution < -0.4 is 5.32 Å². The van der Waals surface area contributed by atoms with Gasteiger partial charge in [0.2, 0.25) is 5.91 Å². The number of hydrogen-bond acceptors (Lipinski definition) is 10. The molecule has 1 fully saturated rings. The number of allylic oxidation sites excluding steroid dienone is 6. The minimum absolute atomic E-state index is 0.235. The summed E-state index contributed by atoms with van der Waals surface area (Å²) < 4.78 is 11.1. The minimum Gasteiger partial charge on any atom is -0.394 e. The highest BCUT2D eigenvalue weighted by atomic mass is 16.7. The van der Waals surface area contributed by atoms with Gasteiger partial charge in [0.15, 0.2) is 6.29 Å². The monoisotopic (exact) mass is 966 g/mol. The Morgan fingerprint density at radius 1 is 0.500 bits per heavy atom. The van der Waals surface area contributed by atoms with E-state index in [1.165, 1.54) is 154 Å². The molecule has 1 saturated heterocycles. The zero-order chi connectivity index (χ0) is 49.7. The van der Waals surface area contributed by atoms with Crippen molar-refractivity contribution >= 4 is 5.91 Å². The highest BCUT2D eigenvalue weighted by Gasteiger charge is 2.44. The molecule has 9 atom stereocenters. The van der Waals surface area contributed by atoms with Crippen LogP contribution in [0.4, 0.5) is 0 Å². The molecule has 9 unspecified atom stereocenters. The van der Waals surface area contributed by atoms with Crippen LogP contribution in [0.1, 0.15) is 251 Å². The minimum atomic E-state index is -1.67. The van der Waals surface area contributed by atoms with Gasteiger partial charge in [0, 0.05) is 0 Å². The first-order valence-corrected chi connectivity index (χ1v) is 28.4. The largest absolute Gasteiger partial charge is 0.394 e. The van der Waals surface area contributed by atoms with Crippen molar-refractivity contribution in [3.05, 3.63) is 36.5 Å². The molecule has 400 valence electrons. The number of nitrogens with one attached hydrogen (secondary N) is 1. The van der Waals surface area contributed by atoms with E-state index in [9.17, 15) is 40.5 Å². The Morgan fingerprint density at radius 2 is 0.897 bits per heavy atom. The number of carbonyl (C=O) groups is 1. The van der Waals surface area contributed by atoms with Crippen LogP contribution in [0, 0.1) is 0 Å². The van der Waals surface area contributed by atoms with E-state index in [0.29, 0.717) is 19.3 Å². The molecule has 1 heterocycles. The van der Waals surface area contributed by atoms with Crippen LogP contribution in [-0.2, 0) is 14.3 Å². The molecule has 1 rings (SSSR count). The van der Waals surface area contributed by atoms with Gasteiger partial charge in [-0.2, -0.15) is 0 Å². The second-order valence-electron chi connectivity index (χ2n) is 20.0. The predicted molar refractivity (Wildman–Crippen MR) is 279 cm³/mol. The van der Waals surface area contributed by atoms with E-state index >= 15 is 0 Å². The van der Waals surface area contributed by atoms with Crippen molar-refractivity contribution in [1.82, 2.24) is 5.32 Å². The van der Waals surface area contributed by atoms with E-state index < -0.39 is 74.2 Å². The van der Waals surface area contributed by atoms with E-state index in [-0.39, 0.29) is 12.8 Å². The van der Waals surface area contributed by atoms with Crippen molar-refractivity contribution < 1.29 is 50.0 Å². The first kappa shape index (κ1) is 64.3. The lowest BCUT2D eigenvalue weighted by atomic mass is 9.98. The van der Waals surface area contributed by atoms with Gasteiger partial charge in [-0.1, -0.05) is 217 Å². The molecule has 68 heavy (non-hydrogen) atoms. The molecule has 11 heteroatoms. The third kappa shape index (κ3) is 34.6. The molecule has 0 aromatic heterocycles. The molecule has 0 saturated carbocycles. The average Bonchev–Trinajstić information content (AvgIpc) is 3.34. The molecule has 0 aliphatic carbocycles. The Kier molecular flexibility index (Phi) is 43.9. The summed E-state index contributed by atoms with van der Waals surface area (Å²) in [6.45, 7) is 3.38. The van der Waals surface area contributed by atoms with Crippen molar-refractivity contribution in [3.63, 3.8) is 0 Å². The van der Waals surface area contributed by atoms with Gasteiger partial charge in [-0.3, -0.25) is 4.79 Å². The highest BCUT2D eigenvalue weighted by Crippen LogP contribution is 2.23. The van der Waals surface area contributed by atoms with Crippen molar-refractivity contribution in [2.24, 2.45) is 0 Å². The Morgan fingerprint density at radius 3 is 1.35 bits per heavy atom. The second kappa shape index (κ2) is 46.4. The number of amides is 1. The van der Waals surface area contributed by atoms with E-state index in [1.807, 2.05) is 0 Å². The number of hydrogen-bond donors (Lipinski definition) is 8. The second-order valence-corrected chi connectivity index (χ2v) is 20.0. The third-order valence-electron chi connectivity index (χ3n) is 13.6. The highest BCUT2D eigenvalue weighted by molar-refractivity contribution is 5.80. The summed E-state index contributed by atoms with van der Waals surface area (Å²) >= 11 is 0. The van der Waals surface area contributed by atoms with E-state index in [4.69, 9.17) is 9.47 Å². The molecule has 11 nitrogen and oxygen atoms in total. The smallest absolute Gasteiger partial charge is 0.249 e. The van der Waals surface area contributed by atoms with Crippen LogP contribution in [0.2, 0.25) is 0 Å². The number of ether oxygens (including phenoxy) is 2. The maximum Gasteiger partial charge on any atom is 0.249 e. The number of aliphatic hydroxyl groups is 7. The van der Waals surface area contributed by atoms with Crippen LogP contribution in [-0.4, -0.2) is 110 Å². The summed E-state index contributed by atoms with van der Waals surface area (Å²) in [5, 5.41) is 75.7. The van der Waals surface area contributed by atoms with Crippen molar-refractivity contribution in [2.75, 3.05) is 13.2 Å². The van der Waals surface area contributed by atoms with Gasteiger partial charge >= 0.3 is 0 Å². The average molecular weight is 966 g/mol. The summed E-state index contributed by atoms with van der Waals surface area (Å²) in [5.74, 6) is -0.722. The molecule has 1 amide bonds. The van der Waals surface area contributed by atoms with Crippen molar-refractivity contribution in [1.29, 1.82) is 0 Å². The third-order valence-corrected chi connectivity index (χ3v) is 13.6. The lowest BCUT2D eigenvalue weighted by molar-refractivity contribution is -0.303. The van der Waals surface area contributed by atoms with Gasteiger partial charge in [-0.15, -0.1) is 0 Å². The normalized spacial score (nSPS) is 20.8. The SMILES string of the molecule is CCCC/C=C\CCCCCCC(O)C(=O)NC(COC1OC(CO)C(O)C(O)C1O)C(O)C(O)CCC/C=C/CC/C=C/CCCCCCCCCCCCCCCCCCCCCCCC. The van der Waals surface area contributed by atoms with E-state index in [2.05, 4.69) is 55.6 Å². The van der Waals surface area contributed by atoms with Crippen molar-refractivity contribution in [2.45, 2.75) is 306 Å². The maximum atomic E-state index is 13.1. The Hall–Kier alpha value is -1.67. The van der Waals surface area contributed by atoms with E-state index in [1.54, 1.807) is 0 Å². The van der Waals surface area contributed by atoms with Crippen molar-refractivity contribution in [3.8, 4) is 0 Å². The number of carbonyl (C=O) groups excluding carboxylic acids is 1. The molecule has 0 spiro atoms. The Labute approximate surface area is 416 Å². The van der Waals surface area contributed by atoms with Gasteiger partial charge in [0.25, 0.3) is 0 Å². The van der Waals surface area contributed by atoms with Crippen LogP contribution >= 0.6 is 0 Å². The fourth-order valence-corrected chi connectivity index (χ4v) is 8.97. The van der Waals surface area contributed by atoms with Crippen LogP contribution in [0.15, 0.2) is 36.5 Å². The van der Waals surface area contributed by atoms with Crippen LogP contribution in [0.3, 0.4) is 0 Å². The number of unbranched alkanes of at least 4 members (excludes halogenated alkanes) is 30. The van der Waals surface area contributed by atoms with Gasteiger partial charge in [-0.05, 0) is 70.6 Å². The molecule has 1 aliphatic heterocycles. The summed E-state index contributed by atoms with van der Waals surface area (Å²) in [6, 6.07) is -1.19. The zero-order valence-electron chi connectivity index (χ0n) is 43.6. The predicted octanol–water partition coefficient (Wildman–Crippen LogP) is 11.5. The molecule has 0 bridgehead atoms. The molecular weight excluding hydrogens is 859 g/mol. The maximum absolute atomic E-state index is 13.1. The topological polar surface area (TPSA) is 189 Å². The fourth-order valence-electron chi connectivity index (χ4n) is 8.97. The number of rotatable bonds is 48. The molecule has 0 aromatic rings. The van der Waals surface area contributed by atoms with Crippen LogP contribution in [0.5, 0.6) is 0 Å². The number of aliphatic hydroxyl groups excluding tert-OH is 7.